The van der Waals surface area contributed by atoms with Crippen LogP contribution in [-0.4, -0.2) is 29.6 Å². The van der Waals surface area contributed by atoms with E-state index in [4.69, 9.17) is 0 Å². The largest absolute Gasteiger partial charge is 0.335 e. The summed E-state index contributed by atoms with van der Waals surface area (Å²) in [6.45, 7) is 9.52. The zero-order chi connectivity index (χ0) is 12.1. The van der Waals surface area contributed by atoms with Gasteiger partial charge in [-0.05, 0) is 31.6 Å². The number of nitrogens with one attached hydrogen (secondary N) is 1. The minimum atomic E-state index is 0.143. The van der Waals surface area contributed by atoms with E-state index >= 15 is 0 Å². The Balaban J connectivity index is 2.55. The summed E-state index contributed by atoms with van der Waals surface area (Å²) < 4.78 is 0. The lowest BCUT2D eigenvalue weighted by atomic mass is 10.1. The summed E-state index contributed by atoms with van der Waals surface area (Å²) in [6, 6.07) is 0.988. The summed E-state index contributed by atoms with van der Waals surface area (Å²) in [5.41, 5.74) is 0. The van der Waals surface area contributed by atoms with Crippen LogP contribution in [0.4, 0.5) is 4.79 Å². The van der Waals surface area contributed by atoms with E-state index in [9.17, 15) is 4.79 Å². The SMILES string of the molecule is CCC(CC)N(CC(C)C)C(=O)NC1CC1. The molecule has 0 bridgehead atoms. The molecule has 0 atom stereocenters. The molecule has 1 fully saturated rings. The molecule has 1 saturated carbocycles. The maximum absolute atomic E-state index is 12.1. The Hall–Kier alpha value is -0.730. The molecule has 1 aliphatic carbocycles. The molecule has 0 unspecified atom stereocenters. The molecule has 0 aliphatic heterocycles. The zero-order valence-corrected chi connectivity index (χ0v) is 11.1. The molecular weight excluding hydrogens is 200 g/mol. The van der Waals surface area contributed by atoms with Gasteiger partial charge in [0.05, 0.1) is 0 Å². The first kappa shape index (κ1) is 13.3. The van der Waals surface area contributed by atoms with Crippen molar-refractivity contribution in [3.05, 3.63) is 0 Å². The fraction of sp³-hybridized carbons (Fsp3) is 0.923. The Morgan fingerprint density at radius 3 is 2.25 bits per heavy atom. The van der Waals surface area contributed by atoms with E-state index in [0.29, 0.717) is 18.0 Å². The van der Waals surface area contributed by atoms with Crippen LogP contribution in [0.5, 0.6) is 0 Å². The summed E-state index contributed by atoms with van der Waals surface area (Å²) in [6.07, 6.45) is 4.40. The second-order valence-electron chi connectivity index (χ2n) is 5.24. The lowest BCUT2D eigenvalue weighted by Crippen LogP contribution is -2.48. The molecule has 0 spiro atoms. The van der Waals surface area contributed by atoms with Gasteiger partial charge in [-0.1, -0.05) is 27.7 Å². The first-order valence-corrected chi connectivity index (χ1v) is 6.65. The Kier molecular flexibility index (Phi) is 5.10. The van der Waals surface area contributed by atoms with Gasteiger partial charge in [0.15, 0.2) is 0 Å². The highest BCUT2D eigenvalue weighted by molar-refractivity contribution is 5.75. The second kappa shape index (κ2) is 6.12. The number of hydrogen-bond donors (Lipinski definition) is 1. The van der Waals surface area contributed by atoms with E-state index in [1.54, 1.807) is 0 Å². The Morgan fingerprint density at radius 1 is 1.31 bits per heavy atom. The van der Waals surface area contributed by atoms with Gasteiger partial charge >= 0.3 is 6.03 Å². The van der Waals surface area contributed by atoms with Gasteiger partial charge in [-0.3, -0.25) is 0 Å². The number of amides is 2. The molecule has 1 aliphatic rings. The molecular formula is C13H26N2O. The highest BCUT2D eigenvalue weighted by Crippen LogP contribution is 2.20. The first-order chi connectivity index (χ1) is 7.58. The zero-order valence-electron chi connectivity index (χ0n) is 11.1. The Morgan fingerprint density at radius 2 is 1.88 bits per heavy atom. The number of urea groups is 1. The van der Waals surface area contributed by atoms with Gasteiger partial charge in [-0.15, -0.1) is 0 Å². The van der Waals surface area contributed by atoms with Crippen molar-refractivity contribution in [2.75, 3.05) is 6.54 Å². The molecule has 0 aromatic carbocycles. The molecule has 0 saturated heterocycles. The number of hydrogen-bond acceptors (Lipinski definition) is 1. The van der Waals surface area contributed by atoms with Crippen molar-refractivity contribution in [2.24, 2.45) is 5.92 Å². The van der Waals surface area contributed by atoms with Crippen LogP contribution in [0.2, 0.25) is 0 Å². The van der Waals surface area contributed by atoms with Crippen LogP contribution in [0, 0.1) is 5.92 Å². The van der Waals surface area contributed by atoms with E-state index in [2.05, 4.69) is 33.0 Å². The third-order valence-electron chi connectivity index (χ3n) is 3.11. The van der Waals surface area contributed by atoms with Crippen LogP contribution in [0.15, 0.2) is 0 Å². The van der Waals surface area contributed by atoms with Gasteiger partial charge in [0.2, 0.25) is 0 Å². The van der Waals surface area contributed by atoms with Crippen molar-refractivity contribution in [1.29, 1.82) is 0 Å². The summed E-state index contributed by atoms with van der Waals surface area (Å²) >= 11 is 0. The van der Waals surface area contributed by atoms with Crippen molar-refractivity contribution in [3.8, 4) is 0 Å². The smallest absolute Gasteiger partial charge is 0.317 e. The average molecular weight is 226 g/mol. The van der Waals surface area contributed by atoms with E-state index in [1.807, 2.05) is 4.90 Å². The minimum absolute atomic E-state index is 0.143. The van der Waals surface area contributed by atoms with Gasteiger partial charge in [-0.25, -0.2) is 4.79 Å². The lowest BCUT2D eigenvalue weighted by molar-refractivity contribution is 0.160. The molecule has 0 aromatic rings. The van der Waals surface area contributed by atoms with Crippen molar-refractivity contribution in [2.45, 2.75) is 65.5 Å². The summed E-state index contributed by atoms with van der Waals surface area (Å²) in [4.78, 5) is 14.1. The van der Waals surface area contributed by atoms with Gasteiger partial charge in [-0.2, -0.15) is 0 Å². The minimum Gasteiger partial charge on any atom is -0.335 e. The van der Waals surface area contributed by atoms with E-state index in [-0.39, 0.29) is 6.03 Å². The molecule has 94 valence electrons. The predicted molar refractivity (Wildman–Crippen MR) is 67.5 cm³/mol. The molecule has 3 heteroatoms. The van der Waals surface area contributed by atoms with Gasteiger partial charge in [0.1, 0.15) is 0 Å². The monoisotopic (exact) mass is 226 g/mol. The Bertz CT molecular complexity index is 220. The van der Waals surface area contributed by atoms with Crippen molar-refractivity contribution in [1.82, 2.24) is 10.2 Å². The van der Waals surface area contributed by atoms with Crippen LogP contribution >= 0.6 is 0 Å². The van der Waals surface area contributed by atoms with E-state index in [1.165, 1.54) is 0 Å². The fourth-order valence-electron chi connectivity index (χ4n) is 2.01. The first-order valence-electron chi connectivity index (χ1n) is 6.65. The molecule has 3 nitrogen and oxygen atoms in total. The highest BCUT2D eigenvalue weighted by atomic mass is 16.2. The third kappa shape index (κ3) is 4.03. The molecule has 0 heterocycles. The summed E-state index contributed by atoms with van der Waals surface area (Å²) in [5, 5.41) is 3.10. The normalized spacial score (nSPS) is 15.6. The second-order valence-corrected chi connectivity index (χ2v) is 5.24. The number of nitrogens with zero attached hydrogens (tertiary/aromatic N) is 1. The van der Waals surface area contributed by atoms with Crippen LogP contribution in [0.3, 0.4) is 0 Å². The summed E-state index contributed by atoms with van der Waals surface area (Å²) in [5.74, 6) is 0.533. The topological polar surface area (TPSA) is 32.3 Å². The third-order valence-corrected chi connectivity index (χ3v) is 3.11. The molecule has 1 N–H and O–H groups in total. The maximum atomic E-state index is 12.1. The van der Waals surface area contributed by atoms with Crippen molar-refractivity contribution < 1.29 is 4.79 Å². The van der Waals surface area contributed by atoms with Gasteiger partial charge in [0.25, 0.3) is 0 Å². The lowest BCUT2D eigenvalue weighted by Gasteiger charge is -2.32. The average Bonchev–Trinajstić information content (AvgIpc) is 3.01. The van der Waals surface area contributed by atoms with E-state index < -0.39 is 0 Å². The van der Waals surface area contributed by atoms with Crippen LogP contribution in [-0.2, 0) is 0 Å². The molecule has 1 rings (SSSR count). The Labute approximate surface area is 99.6 Å². The molecule has 2 amide bonds. The quantitative estimate of drug-likeness (QED) is 0.742. The number of carbonyl (C=O) groups is 1. The molecule has 0 radical (unpaired) electrons. The number of rotatable bonds is 6. The van der Waals surface area contributed by atoms with Crippen molar-refractivity contribution >= 4 is 6.03 Å². The van der Waals surface area contributed by atoms with E-state index in [0.717, 1.165) is 32.2 Å². The number of carbonyl (C=O) groups excluding carboxylic acids is 1. The van der Waals surface area contributed by atoms with Crippen molar-refractivity contribution in [3.63, 3.8) is 0 Å². The van der Waals surface area contributed by atoms with Gasteiger partial charge in [0, 0.05) is 18.6 Å². The fourth-order valence-corrected chi connectivity index (χ4v) is 2.01. The van der Waals surface area contributed by atoms with Crippen LogP contribution in [0.25, 0.3) is 0 Å². The molecule has 16 heavy (non-hydrogen) atoms. The predicted octanol–water partition coefficient (Wildman–Crippen LogP) is 3.01. The standard InChI is InChI=1S/C13H26N2O/c1-5-12(6-2)15(9-10(3)4)13(16)14-11-7-8-11/h10-12H,5-9H2,1-4H3,(H,14,16). The molecule has 0 aromatic heterocycles. The maximum Gasteiger partial charge on any atom is 0.317 e. The van der Waals surface area contributed by atoms with Crippen LogP contribution in [0.1, 0.15) is 53.4 Å². The summed E-state index contributed by atoms with van der Waals surface area (Å²) in [7, 11) is 0. The van der Waals surface area contributed by atoms with Crippen LogP contribution < -0.4 is 5.32 Å². The highest BCUT2D eigenvalue weighted by Gasteiger charge is 2.28. The van der Waals surface area contributed by atoms with Gasteiger partial charge < -0.3 is 10.2 Å².